The number of nitrogens with one attached hydrogen (secondary N) is 2. The van der Waals surface area contributed by atoms with Gasteiger partial charge in [-0.15, -0.1) is 10.2 Å². The molecule has 3 aromatic carbocycles. The summed E-state index contributed by atoms with van der Waals surface area (Å²) < 4.78 is 0.848. The Hall–Kier alpha value is -3.49. The van der Waals surface area contributed by atoms with E-state index >= 15 is 0 Å². The highest BCUT2D eigenvalue weighted by molar-refractivity contribution is 9.10. The lowest BCUT2D eigenvalue weighted by atomic mass is 10.1. The molecule has 0 aliphatic carbocycles. The Labute approximate surface area is 205 Å². The number of H-pyrrole nitrogens is 1. The fourth-order valence-electron chi connectivity index (χ4n) is 4.34. The van der Waals surface area contributed by atoms with Crippen molar-refractivity contribution < 1.29 is 14.8 Å². The third kappa shape index (κ3) is 4.88. The highest BCUT2D eigenvalue weighted by Crippen LogP contribution is 2.36. The summed E-state index contributed by atoms with van der Waals surface area (Å²) in [5.74, 6) is -0.561. The molecular weight excluding hydrogens is 494 g/mol. The first-order chi connectivity index (χ1) is 16.6. The summed E-state index contributed by atoms with van der Waals surface area (Å²) in [6.45, 7) is 5.15. The summed E-state index contributed by atoms with van der Waals surface area (Å²) >= 11 is 3.41. The van der Waals surface area contributed by atoms with Crippen molar-refractivity contribution in [2.24, 2.45) is 10.2 Å². The van der Waals surface area contributed by atoms with Crippen LogP contribution in [0.15, 0.2) is 87.5 Å². The number of nitrogens with zero attached hydrogens (tertiary/aromatic N) is 3. The van der Waals surface area contributed by atoms with Crippen LogP contribution in [0.5, 0.6) is 5.88 Å². The molecule has 172 valence electrons. The molecule has 3 N–H and O–H groups in total. The van der Waals surface area contributed by atoms with Gasteiger partial charge in [-0.2, -0.15) is 0 Å². The van der Waals surface area contributed by atoms with E-state index in [1.807, 2.05) is 36.4 Å². The van der Waals surface area contributed by atoms with E-state index in [-0.39, 0.29) is 11.6 Å². The second kappa shape index (κ2) is 9.79. The zero-order valence-electron chi connectivity index (χ0n) is 18.5. The average Bonchev–Trinajstić information content (AvgIpc) is 3.18. The number of azo groups is 1. The van der Waals surface area contributed by atoms with Crippen LogP contribution in [-0.2, 0) is 6.54 Å². The van der Waals surface area contributed by atoms with E-state index in [4.69, 9.17) is 0 Å². The van der Waals surface area contributed by atoms with Crippen LogP contribution in [0.1, 0.15) is 15.9 Å². The van der Waals surface area contributed by atoms with Crippen molar-refractivity contribution in [3.05, 3.63) is 88.4 Å². The normalized spacial score (nSPS) is 14.8. The quantitative estimate of drug-likeness (QED) is 0.341. The van der Waals surface area contributed by atoms with Crippen LogP contribution in [0.25, 0.3) is 10.9 Å². The summed E-state index contributed by atoms with van der Waals surface area (Å²) in [5.41, 5.74) is 3.91. The lowest BCUT2D eigenvalue weighted by molar-refractivity contribution is -0.914. The molecule has 1 fully saturated rings. The fourth-order valence-corrected chi connectivity index (χ4v) is 4.70. The molecule has 7 nitrogen and oxygen atoms in total. The Kier molecular flexibility index (Phi) is 6.42. The number of hydrogen-bond donors (Lipinski definition) is 3. The third-order valence-corrected chi connectivity index (χ3v) is 6.70. The Balaban J connectivity index is 1.20. The van der Waals surface area contributed by atoms with Gasteiger partial charge in [-0.3, -0.25) is 4.79 Å². The predicted molar refractivity (Wildman–Crippen MR) is 136 cm³/mol. The zero-order valence-corrected chi connectivity index (χ0v) is 20.1. The topological polar surface area (TPSA) is 85.5 Å². The lowest BCUT2D eigenvalue weighted by Gasteiger charge is -2.33. The number of aromatic nitrogens is 1. The van der Waals surface area contributed by atoms with Gasteiger partial charge in [0.2, 0.25) is 5.88 Å². The number of carbonyl (C=O) groups is 1. The van der Waals surface area contributed by atoms with E-state index in [9.17, 15) is 9.90 Å². The first kappa shape index (κ1) is 22.3. The highest BCUT2D eigenvalue weighted by Gasteiger charge is 2.20. The van der Waals surface area contributed by atoms with Gasteiger partial charge >= 0.3 is 0 Å². The van der Waals surface area contributed by atoms with Crippen molar-refractivity contribution in [3.63, 3.8) is 0 Å². The second-order valence-corrected chi connectivity index (χ2v) is 9.38. The van der Waals surface area contributed by atoms with Crippen molar-refractivity contribution in [2.45, 2.75) is 6.54 Å². The van der Waals surface area contributed by atoms with Crippen LogP contribution in [0.4, 0.5) is 11.4 Å². The summed E-state index contributed by atoms with van der Waals surface area (Å²) in [5, 5.41) is 18.7. The Morgan fingerprint density at radius 3 is 2.50 bits per heavy atom. The summed E-state index contributed by atoms with van der Waals surface area (Å²) in [6, 6.07) is 23.6. The molecular formula is C26H25BrN5O2+. The molecule has 1 amide bonds. The minimum absolute atomic E-state index is 0.115. The van der Waals surface area contributed by atoms with Crippen molar-refractivity contribution in [1.82, 2.24) is 4.98 Å². The van der Waals surface area contributed by atoms with Crippen LogP contribution in [0.2, 0.25) is 0 Å². The van der Waals surface area contributed by atoms with Crippen LogP contribution in [-0.4, -0.2) is 42.2 Å². The number of para-hydroxylation sites is 1. The summed E-state index contributed by atoms with van der Waals surface area (Å²) in [7, 11) is 0. The lowest BCUT2D eigenvalue weighted by Crippen LogP contribution is -3.13. The number of anilines is 1. The predicted octanol–water partition coefficient (Wildman–Crippen LogP) is 4.47. The molecule has 1 aliphatic heterocycles. The van der Waals surface area contributed by atoms with Crippen LogP contribution in [0.3, 0.4) is 0 Å². The van der Waals surface area contributed by atoms with Gasteiger partial charge in [0.05, 0.1) is 31.7 Å². The smallest absolute Gasteiger partial charge is 0.295 e. The first-order valence-electron chi connectivity index (χ1n) is 11.3. The maximum absolute atomic E-state index is 12.6. The number of carbonyl (C=O) groups excluding carboxylic acids is 1. The second-order valence-electron chi connectivity index (χ2n) is 8.46. The Bertz CT molecular complexity index is 1330. The SMILES string of the molecule is O=C(N=Nc1c(O)[nH]c2ccc(Br)cc12)c1ccc(C[NH+]2CCN(c3ccccc3)CC2)cc1. The van der Waals surface area contributed by atoms with Gasteiger partial charge in [-0.05, 0) is 42.5 Å². The highest BCUT2D eigenvalue weighted by atomic mass is 79.9. The monoisotopic (exact) mass is 518 g/mol. The molecule has 1 aromatic heterocycles. The van der Waals surface area contributed by atoms with E-state index < -0.39 is 5.91 Å². The average molecular weight is 519 g/mol. The molecule has 5 rings (SSSR count). The number of halogens is 1. The minimum Gasteiger partial charge on any atom is -0.493 e. The molecule has 34 heavy (non-hydrogen) atoms. The van der Waals surface area contributed by atoms with Gasteiger partial charge in [0, 0.05) is 26.7 Å². The van der Waals surface area contributed by atoms with Gasteiger partial charge in [0.1, 0.15) is 6.54 Å². The maximum Gasteiger partial charge on any atom is 0.295 e. The maximum atomic E-state index is 12.6. The van der Waals surface area contributed by atoms with Crippen molar-refractivity contribution >= 4 is 44.1 Å². The van der Waals surface area contributed by atoms with Crippen LogP contribution in [0, 0.1) is 0 Å². The molecule has 1 aliphatic rings. The number of quaternary nitrogens is 1. The minimum atomic E-state index is -0.445. The molecule has 8 heteroatoms. The van der Waals surface area contributed by atoms with Gasteiger partial charge in [-0.25, -0.2) is 0 Å². The van der Waals surface area contributed by atoms with E-state index in [0.29, 0.717) is 10.9 Å². The van der Waals surface area contributed by atoms with Crippen molar-refractivity contribution in [3.8, 4) is 5.88 Å². The standard InChI is InChI=1S/C26H24BrN5O2/c27-20-10-11-23-22(16-20)24(26(34)28-23)29-30-25(33)19-8-6-18(7-9-19)17-31-12-14-32(15-13-31)21-4-2-1-3-5-21/h1-11,16,28,34H,12-15,17H2/p+1. The van der Waals surface area contributed by atoms with Crippen molar-refractivity contribution in [2.75, 3.05) is 31.1 Å². The first-order valence-corrected chi connectivity index (χ1v) is 12.0. The van der Waals surface area contributed by atoms with Gasteiger partial charge in [-0.1, -0.05) is 46.3 Å². The van der Waals surface area contributed by atoms with Gasteiger partial charge < -0.3 is 19.9 Å². The Morgan fingerprint density at radius 1 is 1.03 bits per heavy atom. The number of hydrogen-bond acceptors (Lipinski definition) is 4. The molecule has 0 saturated carbocycles. The number of aromatic hydroxyl groups is 1. The van der Waals surface area contributed by atoms with Crippen LogP contribution >= 0.6 is 15.9 Å². The summed E-state index contributed by atoms with van der Waals surface area (Å²) in [4.78, 5) is 19.4. The van der Waals surface area contributed by atoms with E-state index in [2.05, 4.69) is 60.3 Å². The van der Waals surface area contributed by atoms with Gasteiger partial charge in [0.25, 0.3) is 5.91 Å². The molecule has 0 spiro atoms. The molecule has 2 heterocycles. The number of amides is 1. The number of fused-ring (bicyclic) bond motifs is 1. The number of piperazine rings is 1. The number of rotatable bonds is 5. The molecule has 0 atom stereocenters. The largest absolute Gasteiger partial charge is 0.493 e. The molecule has 0 unspecified atom stereocenters. The molecule has 1 saturated heterocycles. The van der Waals surface area contributed by atoms with Gasteiger partial charge in [0.15, 0.2) is 5.69 Å². The number of benzene rings is 3. The fraction of sp³-hybridized carbons (Fsp3) is 0.192. The summed E-state index contributed by atoms with van der Waals surface area (Å²) in [6.07, 6.45) is 0. The van der Waals surface area contributed by atoms with Crippen molar-refractivity contribution in [1.29, 1.82) is 0 Å². The van der Waals surface area contributed by atoms with E-state index in [1.54, 1.807) is 12.1 Å². The van der Waals surface area contributed by atoms with E-state index in [0.717, 1.165) is 42.7 Å². The molecule has 4 aromatic rings. The Morgan fingerprint density at radius 2 is 1.76 bits per heavy atom. The van der Waals surface area contributed by atoms with E-state index in [1.165, 1.54) is 16.2 Å². The third-order valence-electron chi connectivity index (χ3n) is 6.20. The van der Waals surface area contributed by atoms with Crippen LogP contribution < -0.4 is 9.80 Å². The molecule has 0 bridgehead atoms. The number of aromatic amines is 1. The zero-order chi connectivity index (χ0) is 23.5. The molecule has 0 radical (unpaired) electrons.